The first-order valence-electron chi connectivity index (χ1n) is 16.2. The highest BCUT2D eigenvalue weighted by Crippen LogP contribution is 2.53. The van der Waals surface area contributed by atoms with Crippen molar-refractivity contribution in [1.29, 1.82) is 0 Å². The van der Waals surface area contributed by atoms with Gasteiger partial charge in [-0.05, 0) is 52.1 Å². The van der Waals surface area contributed by atoms with Gasteiger partial charge in [-0.3, -0.25) is 0 Å². The second-order valence-electron chi connectivity index (χ2n) is 13.0. The summed E-state index contributed by atoms with van der Waals surface area (Å²) in [6.07, 6.45) is -0.376. The third kappa shape index (κ3) is 4.19. The molecule has 7 aromatic rings. The lowest BCUT2D eigenvalue weighted by Crippen LogP contribution is -2.44. The fraction of sp³-hybridized carbons (Fsp3) is 0.143. The maximum Gasteiger partial charge on any atom is 0.0815 e. The molecule has 0 amide bonds. The second kappa shape index (κ2) is 10.5. The van der Waals surface area contributed by atoms with Crippen molar-refractivity contribution in [1.82, 2.24) is 15.2 Å². The molecular formula is C42H35N4-. The molecule has 2 heterocycles. The smallest absolute Gasteiger partial charge is 0.0815 e. The Labute approximate surface area is 269 Å². The lowest BCUT2D eigenvalue weighted by molar-refractivity contribution is 0.316. The number of hydrogen-bond acceptors (Lipinski definition) is 2. The van der Waals surface area contributed by atoms with Gasteiger partial charge in [0.25, 0.3) is 0 Å². The average Bonchev–Trinajstić information content (AvgIpc) is 3.58. The van der Waals surface area contributed by atoms with Crippen molar-refractivity contribution in [2.45, 2.75) is 37.8 Å². The number of nitrogens with zero attached hydrogens (tertiary/aromatic N) is 2. The van der Waals surface area contributed by atoms with Crippen LogP contribution in [-0.4, -0.2) is 4.57 Å². The Morgan fingerprint density at radius 3 is 1.93 bits per heavy atom. The van der Waals surface area contributed by atoms with E-state index in [2.05, 4.69) is 175 Å². The van der Waals surface area contributed by atoms with Crippen molar-refractivity contribution in [2.75, 3.05) is 0 Å². The number of fused-ring (bicyclic) bond motifs is 7. The van der Waals surface area contributed by atoms with Gasteiger partial charge in [0, 0.05) is 21.9 Å². The van der Waals surface area contributed by atoms with Crippen LogP contribution in [0.3, 0.4) is 0 Å². The highest BCUT2D eigenvalue weighted by atomic mass is 15.4. The van der Waals surface area contributed by atoms with Gasteiger partial charge in [-0.2, -0.15) is 0 Å². The van der Waals surface area contributed by atoms with E-state index in [9.17, 15) is 0 Å². The molecule has 0 radical (unpaired) electrons. The largest absolute Gasteiger partial charge is 0.624 e. The molecule has 0 saturated carbocycles. The SMILES string of the molecule is CC1(C)c2ccccc2-c2c1ccc1c2c2ccccc2n1-c1cccc(C2NC(c3ccccc3)[N-]C(c3ccccc3)N2)c1. The Morgan fingerprint density at radius 1 is 0.565 bits per heavy atom. The molecule has 4 heteroatoms. The first-order valence-corrected chi connectivity index (χ1v) is 16.2. The molecule has 0 spiro atoms. The zero-order valence-corrected chi connectivity index (χ0v) is 26.0. The van der Waals surface area contributed by atoms with Crippen molar-refractivity contribution in [2.24, 2.45) is 0 Å². The predicted octanol–water partition coefficient (Wildman–Crippen LogP) is 10.1. The lowest BCUT2D eigenvalue weighted by Gasteiger charge is -2.50. The Bertz CT molecular complexity index is 2180. The van der Waals surface area contributed by atoms with Gasteiger partial charge in [-0.25, -0.2) is 0 Å². The molecule has 224 valence electrons. The fourth-order valence-corrected chi connectivity index (χ4v) is 7.80. The molecule has 2 N–H and O–H groups in total. The van der Waals surface area contributed by atoms with E-state index in [4.69, 9.17) is 5.32 Å². The van der Waals surface area contributed by atoms with Crippen LogP contribution in [0, 0.1) is 0 Å². The second-order valence-corrected chi connectivity index (χ2v) is 13.0. The Balaban J connectivity index is 1.19. The zero-order chi connectivity index (χ0) is 30.8. The lowest BCUT2D eigenvalue weighted by atomic mass is 9.82. The van der Waals surface area contributed by atoms with E-state index >= 15 is 0 Å². The zero-order valence-electron chi connectivity index (χ0n) is 26.0. The van der Waals surface area contributed by atoms with Gasteiger partial charge in [0.15, 0.2) is 0 Å². The number of rotatable bonds is 4. The maximum absolute atomic E-state index is 5.19. The van der Waals surface area contributed by atoms with Crippen LogP contribution < -0.4 is 10.6 Å². The molecular weight excluding hydrogens is 560 g/mol. The van der Waals surface area contributed by atoms with E-state index in [1.54, 1.807) is 0 Å². The van der Waals surface area contributed by atoms with Crippen molar-refractivity contribution in [3.8, 4) is 16.8 Å². The molecule has 4 nitrogen and oxygen atoms in total. The first kappa shape index (κ1) is 27.3. The molecule has 6 aromatic carbocycles. The van der Waals surface area contributed by atoms with Crippen LogP contribution in [0.1, 0.15) is 60.2 Å². The van der Waals surface area contributed by atoms with E-state index < -0.39 is 0 Å². The van der Waals surface area contributed by atoms with Gasteiger partial charge in [0.2, 0.25) is 0 Å². The normalized spacial score (nSPS) is 20.1. The van der Waals surface area contributed by atoms with Crippen molar-refractivity contribution >= 4 is 21.8 Å². The summed E-state index contributed by atoms with van der Waals surface area (Å²) in [4.78, 5) is 0. The summed E-state index contributed by atoms with van der Waals surface area (Å²) in [5.41, 5.74) is 12.6. The number of nitrogens with one attached hydrogen (secondary N) is 2. The minimum atomic E-state index is -0.138. The van der Waals surface area contributed by atoms with Gasteiger partial charge < -0.3 is 20.5 Å². The van der Waals surface area contributed by atoms with Gasteiger partial charge in [-0.15, -0.1) is 0 Å². The minimum Gasteiger partial charge on any atom is -0.624 e. The average molecular weight is 596 g/mol. The molecule has 1 aliphatic heterocycles. The van der Waals surface area contributed by atoms with Gasteiger partial charge in [0.05, 0.1) is 17.2 Å². The van der Waals surface area contributed by atoms with Crippen LogP contribution in [0.15, 0.2) is 146 Å². The van der Waals surface area contributed by atoms with Crippen LogP contribution in [0.2, 0.25) is 0 Å². The molecule has 1 aromatic heterocycles. The Kier molecular flexibility index (Phi) is 6.26. The third-order valence-corrected chi connectivity index (χ3v) is 10.0. The predicted molar refractivity (Wildman–Crippen MR) is 189 cm³/mol. The van der Waals surface area contributed by atoms with Crippen LogP contribution in [-0.2, 0) is 5.41 Å². The number of hydrogen-bond donors (Lipinski definition) is 2. The molecule has 2 atom stereocenters. The topological polar surface area (TPSA) is 43.1 Å². The van der Waals surface area contributed by atoms with Gasteiger partial charge in [0.1, 0.15) is 0 Å². The monoisotopic (exact) mass is 595 g/mol. The molecule has 2 unspecified atom stereocenters. The van der Waals surface area contributed by atoms with Crippen LogP contribution >= 0.6 is 0 Å². The first-order chi connectivity index (χ1) is 22.6. The van der Waals surface area contributed by atoms with E-state index in [0.29, 0.717) is 0 Å². The maximum atomic E-state index is 5.19. The molecule has 1 fully saturated rings. The summed E-state index contributed by atoms with van der Waals surface area (Å²) in [5.74, 6) is 0. The highest BCUT2D eigenvalue weighted by molar-refractivity contribution is 6.17. The summed E-state index contributed by atoms with van der Waals surface area (Å²) >= 11 is 0. The quantitative estimate of drug-likeness (QED) is 0.213. The van der Waals surface area contributed by atoms with Crippen LogP contribution in [0.5, 0.6) is 0 Å². The standard InChI is InChI=1S/C42H35N4/c1-42(2)33-22-11-9-20-31(33)37-34(42)24-25-36-38(37)32-21-10-12-23-35(32)46(36)30-19-13-18-29(26-30)41-44-39(27-14-5-3-6-15-27)43-40(45-41)28-16-7-4-8-17-28/h3-26,39-41,44-45H,1-2H3/q-1. The van der Waals surface area contributed by atoms with E-state index in [0.717, 1.165) is 16.8 Å². The van der Waals surface area contributed by atoms with Crippen LogP contribution in [0.25, 0.3) is 43.9 Å². The Morgan fingerprint density at radius 2 is 1.20 bits per heavy atom. The van der Waals surface area contributed by atoms with Crippen molar-refractivity contribution < 1.29 is 0 Å². The summed E-state index contributed by atoms with van der Waals surface area (Å²) in [6.45, 7) is 4.71. The summed E-state index contributed by atoms with van der Waals surface area (Å²) in [6, 6.07) is 52.5. The molecule has 46 heavy (non-hydrogen) atoms. The van der Waals surface area contributed by atoms with Crippen molar-refractivity contribution in [3.63, 3.8) is 0 Å². The number of para-hydroxylation sites is 1. The molecule has 9 rings (SSSR count). The fourth-order valence-electron chi connectivity index (χ4n) is 7.80. The number of benzene rings is 6. The third-order valence-electron chi connectivity index (χ3n) is 10.0. The molecule has 0 bridgehead atoms. The summed E-state index contributed by atoms with van der Waals surface area (Å²) in [5, 5.41) is 15.4. The van der Waals surface area contributed by atoms with E-state index in [-0.39, 0.29) is 23.9 Å². The van der Waals surface area contributed by atoms with Crippen LogP contribution in [0.4, 0.5) is 0 Å². The Hall–Kier alpha value is -5.00. The summed E-state index contributed by atoms with van der Waals surface area (Å²) in [7, 11) is 0. The number of aromatic nitrogens is 1. The molecule has 2 aliphatic rings. The van der Waals surface area contributed by atoms with Gasteiger partial charge in [-0.1, -0.05) is 159 Å². The van der Waals surface area contributed by atoms with Crippen molar-refractivity contribution in [3.05, 3.63) is 179 Å². The summed E-state index contributed by atoms with van der Waals surface area (Å²) < 4.78 is 2.44. The highest BCUT2D eigenvalue weighted by Gasteiger charge is 2.37. The molecule has 1 saturated heterocycles. The van der Waals surface area contributed by atoms with E-state index in [1.807, 2.05) is 0 Å². The minimum absolute atomic E-state index is 0.0444. The molecule has 1 aliphatic carbocycles. The van der Waals surface area contributed by atoms with Gasteiger partial charge >= 0.3 is 0 Å². The van der Waals surface area contributed by atoms with E-state index in [1.165, 1.54) is 49.6 Å².